The third kappa shape index (κ3) is 3.55. The van der Waals surface area contributed by atoms with Gasteiger partial charge in [0.1, 0.15) is 4.90 Å². The van der Waals surface area contributed by atoms with Gasteiger partial charge in [0, 0.05) is 16.3 Å². The van der Waals surface area contributed by atoms with E-state index in [1.54, 1.807) is 30.3 Å². The van der Waals surface area contributed by atoms with E-state index in [1.165, 1.54) is 18.2 Å². The Balaban J connectivity index is 2.15. The lowest BCUT2D eigenvalue weighted by molar-refractivity contribution is 0.0863. The first-order chi connectivity index (χ1) is 13.0. The minimum Gasteiger partial charge on any atom is -0.266 e. The number of hydrogen-bond donors (Lipinski definition) is 1. The number of carbonyl (C=O) groups excluding carboxylic acids is 1. The highest BCUT2D eigenvalue weighted by atomic mass is 79.9. The molecule has 7 nitrogen and oxygen atoms in total. The van der Waals surface area contributed by atoms with Gasteiger partial charge in [0.05, 0.1) is 4.90 Å². The average molecular weight is 483 g/mol. The molecule has 0 saturated carbocycles. The predicted octanol–water partition coefficient (Wildman–Crippen LogP) is 2.71. The maximum absolute atomic E-state index is 12.9. The summed E-state index contributed by atoms with van der Waals surface area (Å²) in [6, 6.07) is 15.0. The van der Waals surface area contributed by atoms with Gasteiger partial charge in [-0.05, 0) is 35.0 Å². The highest BCUT2D eigenvalue weighted by molar-refractivity contribution is 9.10. The fraction of sp³-hybridized carbons (Fsp3) is 0.0556. The number of halogens is 1. The molecule has 0 fully saturated rings. The van der Waals surface area contributed by atoms with Gasteiger partial charge in [-0.3, -0.25) is 4.79 Å². The summed E-state index contributed by atoms with van der Waals surface area (Å²) in [5.74, 6) is 4.71. The molecule has 0 unspecified atom stereocenters. The van der Waals surface area contributed by atoms with Crippen LogP contribution in [0.1, 0.15) is 10.4 Å². The average Bonchev–Trinajstić information content (AvgIpc) is 2.66. The van der Waals surface area contributed by atoms with Crippen LogP contribution in [0.5, 0.6) is 0 Å². The molecule has 1 amide bonds. The summed E-state index contributed by atoms with van der Waals surface area (Å²) in [6.07, 6.45) is 0.881. The first-order valence-electron chi connectivity index (χ1n) is 7.86. The number of benzene rings is 3. The Bertz CT molecular complexity index is 1300. The number of fused-ring (bicyclic) bond motifs is 1. The van der Waals surface area contributed by atoms with Crippen molar-refractivity contribution in [3.05, 3.63) is 70.7 Å². The summed E-state index contributed by atoms with van der Waals surface area (Å²) in [6.45, 7) is 0. The van der Waals surface area contributed by atoms with E-state index in [-0.39, 0.29) is 9.98 Å². The molecule has 10 heteroatoms. The molecule has 3 aromatic carbocycles. The number of carbonyl (C=O) groups is 1. The topological polar surface area (TPSA) is 115 Å². The SMILES string of the molecule is CS(=O)(=O)c1ccccc1S(=O)(=O)N(N)C(=O)c1ccc(Br)c2ccccc12. The molecule has 3 aromatic rings. The van der Waals surface area contributed by atoms with Crippen molar-refractivity contribution < 1.29 is 21.6 Å². The van der Waals surface area contributed by atoms with Crippen LogP contribution >= 0.6 is 15.9 Å². The van der Waals surface area contributed by atoms with E-state index < -0.39 is 35.6 Å². The molecule has 2 N–H and O–H groups in total. The first kappa shape index (κ1) is 20.5. The highest BCUT2D eigenvalue weighted by Crippen LogP contribution is 2.29. The first-order valence-corrected chi connectivity index (χ1v) is 12.0. The lowest BCUT2D eigenvalue weighted by atomic mass is 10.0. The molecule has 0 aliphatic heterocycles. The number of hydrazine groups is 1. The van der Waals surface area contributed by atoms with Gasteiger partial charge < -0.3 is 0 Å². The van der Waals surface area contributed by atoms with E-state index in [0.717, 1.165) is 22.9 Å². The largest absolute Gasteiger partial charge is 0.282 e. The Morgan fingerprint density at radius 3 is 2.00 bits per heavy atom. The fourth-order valence-electron chi connectivity index (χ4n) is 2.75. The Labute approximate surface area is 170 Å². The second-order valence-electron chi connectivity index (χ2n) is 5.97. The lowest BCUT2D eigenvalue weighted by Crippen LogP contribution is -2.43. The van der Waals surface area contributed by atoms with E-state index in [2.05, 4.69) is 15.9 Å². The van der Waals surface area contributed by atoms with E-state index in [0.29, 0.717) is 10.8 Å². The highest BCUT2D eigenvalue weighted by Gasteiger charge is 2.32. The van der Waals surface area contributed by atoms with Crippen LogP contribution in [-0.4, -0.2) is 33.4 Å². The van der Waals surface area contributed by atoms with Crippen molar-refractivity contribution in [1.82, 2.24) is 4.41 Å². The number of rotatable bonds is 4. The third-order valence-corrected chi connectivity index (χ3v) is 7.66. The van der Waals surface area contributed by atoms with E-state index in [1.807, 2.05) is 0 Å². The molecule has 0 heterocycles. The van der Waals surface area contributed by atoms with Crippen molar-refractivity contribution in [3.63, 3.8) is 0 Å². The molecule has 146 valence electrons. The van der Waals surface area contributed by atoms with Crippen LogP contribution in [0.2, 0.25) is 0 Å². The van der Waals surface area contributed by atoms with Gasteiger partial charge in [-0.1, -0.05) is 52.3 Å². The van der Waals surface area contributed by atoms with Crippen LogP contribution in [0.15, 0.2) is 74.9 Å². The Morgan fingerprint density at radius 1 is 0.857 bits per heavy atom. The number of sulfonamides is 1. The predicted molar refractivity (Wildman–Crippen MR) is 109 cm³/mol. The number of nitrogens with two attached hydrogens (primary N) is 1. The second kappa shape index (κ2) is 7.28. The van der Waals surface area contributed by atoms with Gasteiger partial charge in [-0.25, -0.2) is 14.3 Å². The van der Waals surface area contributed by atoms with Gasteiger partial charge in [-0.15, -0.1) is 0 Å². The van der Waals surface area contributed by atoms with E-state index in [9.17, 15) is 21.6 Å². The van der Waals surface area contributed by atoms with Crippen LogP contribution in [-0.2, 0) is 19.9 Å². The van der Waals surface area contributed by atoms with Crippen molar-refractivity contribution in [2.75, 3.05) is 6.26 Å². The Morgan fingerprint density at radius 2 is 1.39 bits per heavy atom. The molecule has 0 aromatic heterocycles. The smallest absolute Gasteiger partial charge is 0.266 e. The summed E-state index contributed by atoms with van der Waals surface area (Å²) in [7, 11) is -8.47. The van der Waals surface area contributed by atoms with Crippen molar-refractivity contribution in [1.29, 1.82) is 0 Å². The molecule has 0 spiro atoms. The van der Waals surface area contributed by atoms with Crippen molar-refractivity contribution >= 4 is 52.5 Å². The third-order valence-electron chi connectivity index (χ3n) is 4.09. The lowest BCUT2D eigenvalue weighted by Gasteiger charge is -2.19. The zero-order valence-corrected chi connectivity index (χ0v) is 17.8. The number of sulfone groups is 1. The van der Waals surface area contributed by atoms with Gasteiger partial charge in [-0.2, -0.15) is 12.8 Å². The molecule has 0 saturated heterocycles. The minimum atomic E-state index is -4.61. The van der Waals surface area contributed by atoms with Crippen LogP contribution in [0, 0.1) is 0 Å². The Kier molecular flexibility index (Phi) is 5.32. The molecule has 0 atom stereocenters. The van der Waals surface area contributed by atoms with Crippen LogP contribution in [0.4, 0.5) is 0 Å². The summed E-state index contributed by atoms with van der Waals surface area (Å²) in [5, 5.41) is 1.21. The van der Waals surface area contributed by atoms with Crippen molar-refractivity contribution in [2.45, 2.75) is 9.79 Å². The zero-order valence-electron chi connectivity index (χ0n) is 14.5. The number of amides is 1. The summed E-state index contributed by atoms with van der Waals surface area (Å²) < 4.78 is 50.6. The van der Waals surface area contributed by atoms with E-state index >= 15 is 0 Å². The second-order valence-corrected chi connectivity index (χ2v) is 10.6. The number of hydrogen-bond acceptors (Lipinski definition) is 6. The quantitative estimate of drug-likeness (QED) is 0.347. The molecule has 28 heavy (non-hydrogen) atoms. The minimum absolute atomic E-state index is 0.0710. The van der Waals surface area contributed by atoms with Crippen LogP contribution in [0.3, 0.4) is 0 Å². The zero-order chi connectivity index (χ0) is 20.7. The standard InChI is InChI=1S/C18H15BrN2O5S2/c1-27(23,24)16-8-4-5-9-17(16)28(25,26)21(20)18(22)14-10-11-15(19)13-7-3-2-6-12(13)14/h2-11H,20H2,1H3. The number of nitrogens with zero attached hydrogens (tertiary/aromatic N) is 1. The molecular formula is C18H15BrN2O5S2. The normalized spacial score (nSPS) is 12.1. The van der Waals surface area contributed by atoms with Crippen LogP contribution in [0.25, 0.3) is 10.8 Å². The van der Waals surface area contributed by atoms with Gasteiger partial charge in [0.2, 0.25) is 0 Å². The monoisotopic (exact) mass is 482 g/mol. The molecular weight excluding hydrogens is 468 g/mol. The molecule has 3 rings (SSSR count). The maximum Gasteiger partial charge on any atom is 0.282 e. The van der Waals surface area contributed by atoms with Crippen LogP contribution < -0.4 is 5.84 Å². The fourth-order valence-corrected chi connectivity index (χ4v) is 5.86. The van der Waals surface area contributed by atoms with Crippen molar-refractivity contribution in [3.8, 4) is 0 Å². The molecule has 0 aliphatic carbocycles. The molecule has 0 bridgehead atoms. The summed E-state index contributed by atoms with van der Waals surface area (Å²) in [5.41, 5.74) is 0.0710. The maximum atomic E-state index is 12.9. The molecule has 0 radical (unpaired) electrons. The van der Waals surface area contributed by atoms with Gasteiger partial charge in [0.15, 0.2) is 9.84 Å². The van der Waals surface area contributed by atoms with Crippen molar-refractivity contribution in [2.24, 2.45) is 5.84 Å². The van der Waals surface area contributed by atoms with Gasteiger partial charge >= 0.3 is 0 Å². The van der Waals surface area contributed by atoms with Gasteiger partial charge in [0.25, 0.3) is 15.9 Å². The van der Waals surface area contributed by atoms with E-state index in [4.69, 9.17) is 5.84 Å². The summed E-state index contributed by atoms with van der Waals surface area (Å²) in [4.78, 5) is 11.9. The summed E-state index contributed by atoms with van der Waals surface area (Å²) >= 11 is 3.38. The molecule has 0 aliphatic rings. The Hall–Kier alpha value is -2.27.